The van der Waals surface area contributed by atoms with E-state index in [1.54, 1.807) is 23.5 Å². The fourth-order valence-corrected chi connectivity index (χ4v) is 5.23. The molecule has 1 amide bonds. The van der Waals surface area contributed by atoms with Crippen LogP contribution in [0.5, 0.6) is 0 Å². The number of nitrogens with zero attached hydrogens (tertiary/aromatic N) is 1. The number of fused-ring (bicyclic) bond motifs is 1. The molecule has 0 bridgehead atoms. The van der Waals surface area contributed by atoms with E-state index >= 15 is 0 Å². The monoisotopic (exact) mass is 424 g/mol. The van der Waals surface area contributed by atoms with Gasteiger partial charge in [0.05, 0.1) is 10.6 Å². The van der Waals surface area contributed by atoms with Crippen LogP contribution in [0.4, 0.5) is 4.39 Å². The number of nitrogens with one attached hydrogen (secondary N) is 1. The van der Waals surface area contributed by atoms with Crippen LogP contribution in [-0.4, -0.2) is 10.9 Å². The molecule has 0 atom stereocenters. The zero-order valence-corrected chi connectivity index (χ0v) is 17.9. The molecule has 6 heteroatoms. The first-order valence-electron chi connectivity index (χ1n) is 9.51. The zero-order chi connectivity index (χ0) is 20.4. The summed E-state index contributed by atoms with van der Waals surface area (Å²) in [5.74, 6) is -0.0134. The van der Waals surface area contributed by atoms with E-state index in [1.807, 2.05) is 12.1 Å². The van der Waals surface area contributed by atoms with Crippen molar-refractivity contribution in [3.05, 3.63) is 76.5 Å². The highest BCUT2D eigenvalue weighted by Gasteiger charge is 2.20. The number of aromatic nitrogens is 1. The lowest BCUT2D eigenvalue weighted by Gasteiger charge is -2.07. The predicted octanol–water partition coefficient (Wildman–Crippen LogP) is 6.29. The molecule has 4 aromatic rings. The normalized spacial score (nSPS) is 11.3. The summed E-state index contributed by atoms with van der Waals surface area (Å²) in [6.45, 7) is 4.60. The Bertz CT molecular complexity index is 1110. The van der Waals surface area contributed by atoms with E-state index < -0.39 is 0 Å². The van der Waals surface area contributed by atoms with Crippen molar-refractivity contribution in [2.24, 2.45) is 5.92 Å². The molecule has 29 heavy (non-hydrogen) atoms. The molecule has 0 saturated carbocycles. The van der Waals surface area contributed by atoms with Crippen LogP contribution < -0.4 is 5.32 Å². The summed E-state index contributed by atoms with van der Waals surface area (Å²) in [4.78, 5) is 19.5. The van der Waals surface area contributed by atoms with Crippen molar-refractivity contribution in [3.63, 3.8) is 0 Å². The van der Waals surface area contributed by atoms with Crippen molar-refractivity contribution < 1.29 is 9.18 Å². The van der Waals surface area contributed by atoms with Crippen molar-refractivity contribution in [2.75, 3.05) is 0 Å². The minimum atomic E-state index is -0.283. The van der Waals surface area contributed by atoms with Crippen LogP contribution >= 0.6 is 22.7 Å². The lowest BCUT2D eigenvalue weighted by atomic mass is 10.1. The van der Waals surface area contributed by atoms with Crippen LogP contribution in [0, 0.1) is 11.7 Å². The zero-order valence-electron chi connectivity index (χ0n) is 16.2. The van der Waals surface area contributed by atoms with E-state index in [4.69, 9.17) is 4.98 Å². The van der Waals surface area contributed by atoms with E-state index in [-0.39, 0.29) is 11.7 Å². The maximum absolute atomic E-state index is 13.1. The third-order valence-electron chi connectivity index (χ3n) is 4.51. The lowest BCUT2D eigenvalue weighted by Crippen LogP contribution is -2.23. The highest BCUT2D eigenvalue weighted by molar-refractivity contribution is 7.26. The minimum absolute atomic E-state index is 0.130. The van der Waals surface area contributed by atoms with Gasteiger partial charge in [-0.25, -0.2) is 9.37 Å². The average Bonchev–Trinajstić information content (AvgIpc) is 3.31. The molecule has 4 rings (SSSR count). The smallest absolute Gasteiger partial charge is 0.263 e. The maximum atomic E-state index is 13.1. The van der Waals surface area contributed by atoms with Crippen LogP contribution in [0.3, 0.4) is 0 Å². The quantitative estimate of drug-likeness (QED) is 0.395. The van der Waals surface area contributed by atoms with Crippen molar-refractivity contribution in [1.29, 1.82) is 0 Å². The number of thiophene rings is 1. The predicted molar refractivity (Wildman–Crippen MR) is 119 cm³/mol. The van der Waals surface area contributed by atoms with Gasteiger partial charge in [0, 0.05) is 11.2 Å². The Kier molecular flexibility index (Phi) is 5.74. The summed E-state index contributed by atoms with van der Waals surface area (Å²) in [5, 5.41) is 5.03. The van der Waals surface area contributed by atoms with Gasteiger partial charge >= 0.3 is 0 Å². The Morgan fingerprint density at radius 3 is 2.59 bits per heavy atom. The largest absolute Gasteiger partial charge is 0.347 e. The Labute approximate surface area is 177 Å². The van der Waals surface area contributed by atoms with Gasteiger partial charge in [0.2, 0.25) is 0 Å². The SMILES string of the molecule is CC(C)Cc1nc(-c2cc3ccccc3s2)sc1C(=O)NCc1ccc(F)cc1. The molecule has 0 spiro atoms. The van der Waals surface area contributed by atoms with Gasteiger partial charge < -0.3 is 5.32 Å². The first-order chi connectivity index (χ1) is 14.0. The summed E-state index contributed by atoms with van der Waals surface area (Å²) >= 11 is 3.14. The molecule has 2 aromatic heterocycles. The van der Waals surface area contributed by atoms with Gasteiger partial charge in [0.1, 0.15) is 15.7 Å². The molecular formula is C23H21FN2OS2. The second-order valence-electron chi connectivity index (χ2n) is 7.35. The number of benzene rings is 2. The molecule has 0 fully saturated rings. The van der Waals surface area contributed by atoms with Gasteiger partial charge in [-0.2, -0.15) is 0 Å². The molecule has 0 aliphatic heterocycles. The standard InChI is InChI=1S/C23H21FN2OS2/c1-14(2)11-18-21(22(27)25-13-15-7-9-17(24)10-8-15)29-23(26-18)20-12-16-5-3-4-6-19(16)28-20/h3-10,12,14H,11,13H2,1-2H3,(H,25,27). The Hall–Kier alpha value is -2.57. The Morgan fingerprint density at radius 2 is 1.86 bits per heavy atom. The van der Waals surface area contributed by atoms with Gasteiger partial charge in [0.15, 0.2) is 0 Å². The molecule has 0 unspecified atom stereocenters. The topological polar surface area (TPSA) is 42.0 Å². The fraction of sp³-hybridized carbons (Fsp3) is 0.217. The van der Waals surface area contributed by atoms with E-state index in [0.29, 0.717) is 17.3 Å². The van der Waals surface area contributed by atoms with Crippen LogP contribution in [0.15, 0.2) is 54.6 Å². The number of thiazole rings is 1. The third kappa shape index (κ3) is 4.54. The number of rotatable bonds is 6. The molecular weight excluding hydrogens is 403 g/mol. The van der Waals surface area contributed by atoms with Gasteiger partial charge in [-0.15, -0.1) is 22.7 Å². The summed E-state index contributed by atoms with van der Waals surface area (Å²) in [6, 6.07) is 16.5. The van der Waals surface area contributed by atoms with Crippen molar-refractivity contribution in [1.82, 2.24) is 10.3 Å². The van der Waals surface area contributed by atoms with Crippen LogP contribution in [-0.2, 0) is 13.0 Å². The first kappa shape index (κ1) is 19.7. The van der Waals surface area contributed by atoms with E-state index in [9.17, 15) is 9.18 Å². The van der Waals surface area contributed by atoms with Crippen molar-refractivity contribution in [2.45, 2.75) is 26.8 Å². The van der Waals surface area contributed by atoms with E-state index in [0.717, 1.165) is 27.6 Å². The van der Waals surface area contributed by atoms with Gasteiger partial charge in [-0.3, -0.25) is 4.79 Å². The summed E-state index contributed by atoms with van der Waals surface area (Å²) < 4.78 is 14.3. The van der Waals surface area contributed by atoms with Crippen molar-refractivity contribution >= 4 is 38.7 Å². The molecule has 2 heterocycles. The molecule has 148 valence electrons. The van der Waals surface area contributed by atoms with E-state index in [2.05, 4.69) is 37.4 Å². The summed E-state index contributed by atoms with van der Waals surface area (Å²) in [7, 11) is 0. The summed E-state index contributed by atoms with van der Waals surface area (Å²) in [6.07, 6.45) is 0.751. The van der Waals surface area contributed by atoms with Gasteiger partial charge in [0.25, 0.3) is 5.91 Å². The number of amides is 1. The van der Waals surface area contributed by atoms with Crippen LogP contribution in [0.25, 0.3) is 20.0 Å². The minimum Gasteiger partial charge on any atom is -0.347 e. The number of carbonyl (C=O) groups is 1. The van der Waals surface area contributed by atoms with Crippen LogP contribution in [0.1, 0.15) is 34.8 Å². The van der Waals surface area contributed by atoms with Crippen LogP contribution in [0.2, 0.25) is 0 Å². The number of carbonyl (C=O) groups excluding carboxylic acids is 1. The van der Waals surface area contributed by atoms with E-state index in [1.165, 1.54) is 33.6 Å². The maximum Gasteiger partial charge on any atom is 0.263 e. The molecule has 1 N–H and O–H groups in total. The average molecular weight is 425 g/mol. The van der Waals surface area contributed by atoms with Gasteiger partial charge in [-0.05, 0) is 47.6 Å². The van der Waals surface area contributed by atoms with Gasteiger partial charge in [-0.1, -0.05) is 44.2 Å². The highest BCUT2D eigenvalue weighted by Crippen LogP contribution is 2.37. The molecule has 0 aliphatic rings. The number of hydrogen-bond acceptors (Lipinski definition) is 4. The molecule has 0 radical (unpaired) electrons. The lowest BCUT2D eigenvalue weighted by molar-refractivity contribution is 0.0953. The fourth-order valence-electron chi connectivity index (χ4n) is 3.11. The summed E-state index contributed by atoms with van der Waals surface area (Å²) in [5.41, 5.74) is 1.70. The number of hydrogen-bond donors (Lipinski definition) is 1. The molecule has 0 aliphatic carbocycles. The second-order valence-corrected chi connectivity index (χ2v) is 9.43. The second kappa shape index (κ2) is 8.43. The Morgan fingerprint density at radius 1 is 1.10 bits per heavy atom. The Balaban J connectivity index is 1.60. The van der Waals surface area contributed by atoms with Crippen molar-refractivity contribution in [3.8, 4) is 9.88 Å². The molecule has 3 nitrogen and oxygen atoms in total. The highest BCUT2D eigenvalue weighted by atomic mass is 32.1. The number of halogens is 1. The molecule has 0 saturated heterocycles. The first-order valence-corrected chi connectivity index (χ1v) is 11.1. The third-order valence-corrected chi connectivity index (χ3v) is 6.89. The molecule has 2 aromatic carbocycles.